The van der Waals surface area contributed by atoms with E-state index >= 15 is 0 Å². The molecule has 1 aromatic heterocycles. The number of nitrogens with zero attached hydrogens (tertiary/aromatic N) is 2. The van der Waals surface area contributed by atoms with Crippen molar-refractivity contribution in [2.24, 2.45) is 5.84 Å². The number of aryl methyl sites for hydroxylation is 1. The highest BCUT2D eigenvalue weighted by Crippen LogP contribution is 2.32. The van der Waals surface area contributed by atoms with E-state index in [0.717, 1.165) is 18.5 Å². The second-order valence-corrected chi connectivity index (χ2v) is 3.64. The number of hydrogen-bond acceptors (Lipinski definition) is 3. The van der Waals surface area contributed by atoms with Crippen LogP contribution in [0.3, 0.4) is 0 Å². The van der Waals surface area contributed by atoms with Gasteiger partial charge in [0.25, 0.3) is 5.91 Å². The summed E-state index contributed by atoms with van der Waals surface area (Å²) in [6.07, 6.45) is 5.20. The number of nitrogen functional groups attached to an aromatic ring is 1. The van der Waals surface area contributed by atoms with Crippen molar-refractivity contribution in [2.75, 3.05) is 0 Å². The van der Waals surface area contributed by atoms with Gasteiger partial charge in [0.15, 0.2) is 0 Å². The second kappa shape index (κ2) is 3.42. The molecule has 3 N–H and O–H groups in total. The quantitative estimate of drug-likeness (QED) is 0.409. The van der Waals surface area contributed by atoms with Crippen LogP contribution >= 0.6 is 0 Å². The predicted octanol–water partition coefficient (Wildman–Crippen LogP) is 0.520. The SMILES string of the molecule is Cc1ncn(C2CCC2)c1C(=O)NN. The van der Waals surface area contributed by atoms with Gasteiger partial charge in [-0.2, -0.15) is 0 Å². The highest BCUT2D eigenvalue weighted by molar-refractivity contribution is 5.93. The van der Waals surface area contributed by atoms with E-state index in [9.17, 15) is 4.79 Å². The molecule has 0 unspecified atom stereocenters. The van der Waals surface area contributed by atoms with Crippen molar-refractivity contribution in [1.82, 2.24) is 15.0 Å². The Morgan fingerprint density at radius 1 is 1.71 bits per heavy atom. The van der Waals surface area contributed by atoms with Crippen LogP contribution in [0.4, 0.5) is 0 Å². The fourth-order valence-corrected chi connectivity index (χ4v) is 1.75. The van der Waals surface area contributed by atoms with Crippen LogP contribution in [0.1, 0.15) is 41.5 Å². The third-order valence-corrected chi connectivity index (χ3v) is 2.79. The van der Waals surface area contributed by atoms with Gasteiger partial charge in [-0.3, -0.25) is 10.2 Å². The number of imidazole rings is 1. The fraction of sp³-hybridized carbons (Fsp3) is 0.556. The zero-order valence-corrected chi connectivity index (χ0v) is 8.16. The summed E-state index contributed by atoms with van der Waals surface area (Å²) in [5.41, 5.74) is 3.48. The molecule has 1 heterocycles. The van der Waals surface area contributed by atoms with Crippen LogP contribution in [0.25, 0.3) is 0 Å². The molecule has 5 heteroatoms. The molecule has 1 saturated carbocycles. The van der Waals surface area contributed by atoms with Crippen molar-refractivity contribution in [3.63, 3.8) is 0 Å². The van der Waals surface area contributed by atoms with Crippen molar-refractivity contribution in [3.05, 3.63) is 17.7 Å². The summed E-state index contributed by atoms with van der Waals surface area (Å²) in [6, 6.07) is 0.434. The molecule has 0 radical (unpaired) electrons. The minimum absolute atomic E-state index is 0.257. The zero-order chi connectivity index (χ0) is 10.1. The molecule has 1 fully saturated rings. The lowest BCUT2D eigenvalue weighted by Crippen LogP contribution is -2.33. The summed E-state index contributed by atoms with van der Waals surface area (Å²) in [7, 11) is 0. The van der Waals surface area contributed by atoms with Crippen LogP contribution < -0.4 is 11.3 Å². The predicted molar refractivity (Wildman–Crippen MR) is 51.5 cm³/mol. The Bertz CT molecular complexity index is 354. The molecule has 1 aliphatic rings. The Morgan fingerprint density at radius 2 is 2.43 bits per heavy atom. The maximum absolute atomic E-state index is 11.5. The van der Waals surface area contributed by atoms with E-state index in [0.29, 0.717) is 11.7 Å². The van der Waals surface area contributed by atoms with Crippen LogP contribution in [0.2, 0.25) is 0 Å². The Balaban J connectivity index is 2.34. The van der Waals surface area contributed by atoms with E-state index in [4.69, 9.17) is 5.84 Å². The lowest BCUT2D eigenvalue weighted by Gasteiger charge is -2.28. The lowest BCUT2D eigenvalue weighted by atomic mass is 9.92. The molecule has 0 atom stereocenters. The number of carbonyl (C=O) groups excluding carboxylic acids is 1. The van der Waals surface area contributed by atoms with Crippen molar-refractivity contribution in [3.8, 4) is 0 Å². The molecule has 14 heavy (non-hydrogen) atoms. The molecule has 0 aliphatic heterocycles. The molecular formula is C9H14N4O. The third-order valence-electron chi connectivity index (χ3n) is 2.79. The number of carbonyl (C=O) groups is 1. The molecule has 0 aromatic carbocycles. The molecule has 0 bridgehead atoms. The van der Waals surface area contributed by atoms with E-state index in [1.165, 1.54) is 6.42 Å². The summed E-state index contributed by atoms with van der Waals surface area (Å²) < 4.78 is 1.93. The van der Waals surface area contributed by atoms with Gasteiger partial charge in [-0.1, -0.05) is 0 Å². The summed E-state index contributed by atoms with van der Waals surface area (Å²) in [4.78, 5) is 15.6. The van der Waals surface area contributed by atoms with E-state index in [-0.39, 0.29) is 5.91 Å². The number of rotatable bonds is 2. The van der Waals surface area contributed by atoms with Gasteiger partial charge in [0.1, 0.15) is 5.69 Å². The Kier molecular flexibility index (Phi) is 2.25. The smallest absolute Gasteiger partial charge is 0.283 e. The molecule has 0 spiro atoms. The number of amides is 1. The summed E-state index contributed by atoms with van der Waals surface area (Å²) in [5, 5.41) is 0. The topological polar surface area (TPSA) is 72.9 Å². The standard InChI is InChI=1S/C9H14N4O/c1-6-8(9(14)12-10)13(5-11-6)7-3-2-4-7/h5,7H,2-4,10H2,1H3,(H,12,14). The van der Waals surface area contributed by atoms with Crippen molar-refractivity contribution < 1.29 is 4.79 Å². The number of nitrogens with two attached hydrogens (primary N) is 1. The van der Waals surface area contributed by atoms with Crippen molar-refractivity contribution in [2.45, 2.75) is 32.2 Å². The second-order valence-electron chi connectivity index (χ2n) is 3.64. The minimum Gasteiger partial charge on any atom is -0.323 e. The molecule has 1 aromatic rings. The highest BCUT2D eigenvalue weighted by Gasteiger charge is 2.25. The first kappa shape index (κ1) is 9.21. The van der Waals surface area contributed by atoms with Gasteiger partial charge in [0.2, 0.25) is 0 Å². The monoisotopic (exact) mass is 194 g/mol. The largest absolute Gasteiger partial charge is 0.323 e. The fourth-order valence-electron chi connectivity index (χ4n) is 1.75. The number of hydrazine groups is 1. The van der Waals surface area contributed by atoms with Gasteiger partial charge in [-0.25, -0.2) is 10.8 Å². The molecule has 1 aliphatic carbocycles. The van der Waals surface area contributed by atoms with Crippen LogP contribution in [0, 0.1) is 6.92 Å². The van der Waals surface area contributed by atoms with E-state index < -0.39 is 0 Å². The first-order valence-electron chi connectivity index (χ1n) is 4.78. The first-order chi connectivity index (χ1) is 6.74. The Hall–Kier alpha value is -1.36. The van der Waals surface area contributed by atoms with Gasteiger partial charge < -0.3 is 4.57 Å². The molecular weight excluding hydrogens is 180 g/mol. The summed E-state index contributed by atoms with van der Waals surface area (Å²) >= 11 is 0. The number of hydrogen-bond donors (Lipinski definition) is 2. The molecule has 5 nitrogen and oxygen atoms in total. The van der Waals surface area contributed by atoms with Crippen LogP contribution in [0.15, 0.2) is 6.33 Å². The number of nitrogens with one attached hydrogen (secondary N) is 1. The third kappa shape index (κ3) is 1.29. The van der Waals surface area contributed by atoms with Gasteiger partial charge >= 0.3 is 0 Å². The number of aromatic nitrogens is 2. The maximum atomic E-state index is 11.5. The van der Waals surface area contributed by atoms with Gasteiger partial charge in [0.05, 0.1) is 12.0 Å². The molecule has 76 valence electrons. The van der Waals surface area contributed by atoms with Gasteiger partial charge in [0, 0.05) is 6.04 Å². The van der Waals surface area contributed by atoms with Crippen molar-refractivity contribution in [1.29, 1.82) is 0 Å². The molecule has 2 rings (SSSR count). The Morgan fingerprint density at radius 3 is 2.93 bits per heavy atom. The first-order valence-corrected chi connectivity index (χ1v) is 4.78. The van der Waals surface area contributed by atoms with Crippen LogP contribution in [-0.2, 0) is 0 Å². The molecule has 0 saturated heterocycles. The average Bonchev–Trinajstić information content (AvgIpc) is 2.44. The Labute approximate surface area is 82.3 Å². The van der Waals surface area contributed by atoms with Crippen molar-refractivity contribution >= 4 is 5.91 Å². The lowest BCUT2D eigenvalue weighted by molar-refractivity contribution is 0.0938. The highest BCUT2D eigenvalue weighted by atomic mass is 16.2. The van der Waals surface area contributed by atoms with Crippen LogP contribution in [0.5, 0.6) is 0 Å². The molecule has 1 amide bonds. The van der Waals surface area contributed by atoms with E-state index in [1.54, 1.807) is 6.33 Å². The van der Waals surface area contributed by atoms with Crippen LogP contribution in [-0.4, -0.2) is 15.5 Å². The summed E-state index contributed by atoms with van der Waals surface area (Å²) in [5.74, 6) is 4.86. The van der Waals surface area contributed by atoms with Gasteiger partial charge in [-0.05, 0) is 26.2 Å². The minimum atomic E-state index is -0.257. The summed E-state index contributed by atoms with van der Waals surface area (Å²) in [6.45, 7) is 1.82. The van der Waals surface area contributed by atoms with E-state index in [1.807, 2.05) is 11.5 Å². The maximum Gasteiger partial charge on any atom is 0.283 e. The zero-order valence-electron chi connectivity index (χ0n) is 8.16. The van der Waals surface area contributed by atoms with Gasteiger partial charge in [-0.15, -0.1) is 0 Å². The normalized spacial score (nSPS) is 16.4. The average molecular weight is 194 g/mol. The van der Waals surface area contributed by atoms with E-state index in [2.05, 4.69) is 10.4 Å².